The van der Waals surface area contributed by atoms with E-state index in [-0.39, 0.29) is 5.97 Å². The number of nitrogens with one attached hydrogen (secondary N) is 1. The van der Waals surface area contributed by atoms with Crippen molar-refractivity contribution >= 4 is 34.3 Å². The molecule has 33 heavy (non-hydrogen) atoms. The number of rotatable bonds is 4. The van der Waals surface area contributed by atoms with Crippen molar-refractivity contribution in [2.24, 2.45) is 11.8 Å². The lowest BCUT2D eigenvalue weighted by Gasteiger charge is -2.20. The number of anilines is 1. The Kier molecular flexibility index (Phi) is 5.49. The van der Waals surface area contributed by atoms with E-state index in [2.05, 4.69) is 9.88 Å². The number of nitrogens with zero attached hydrogens (tertiary/aromatic N) is 2. The quantitative estimate of drug-likeness (QED) is 0.546. The molecule has 1 aromatic carbocycles. The van der Waals surface area contributed by atoms with Gasteiger partial charge >= 0.3 is 5.97 Å². The molecule has 0 unspecified atom stereocenters. The van der Waals surface area contributed by atoms with Crippen molar-refractivity contribution in [2.75, 3.05) is 38.3 Å². The Balaban J connectivity index is 1.51. The highest BCUT2D eigenvalue weighted by Crippen LogP contribution is 2.39. The summed E-state index contributed by atoms with van der Waals surface area (Å²) in [5.74, 6) is 2.13. The minimum Gasteiger partial charge on any atom is -0.480 e. The first-order chi connectivity index (χ1) is 15.7. The number of H-pyrrole nitrogens is 1. The van der Waals surface area contributed by atoms with Gasteiger partial charge < -0.3 is 24.1 Å². The van der Waals surface area contributed by atoms with Crippen LogP contribution >= 0.6 is 11.6 Å². The number of halogens is 1. The smallest absolute Gasteiger partial charge is 0.340 e. The summed E-state index contributed by atoms with van der Waals surface area (Å²) in [6.45, 7) is 9.07. The number of fused-ring (bicyclic) bond motifs is 2. The largest absolute Gasteiger partial charge is 0.480 e. The number of methoxy groups -OCH3 is 1. The molecule has 5 rings (SSSR count). The molecule has 2 aliphatic rings. The number of pyridine rings is 1. The van der Waals surface area contributed by atoms with Gasteiger partial charge in [0.2, 0.25) is 5.88 Å². The molecule has 0 amide bonds. The first-order valence-electron chi connectivity index (χ1n) is 11.2. The van der Waals surface area contributed by atoms with Gasteiger partial charge in [-0.1, -0.05) is 11.6 Å². The molecular weight excluding hydrogens is 442 g/mol. The number of hydrogen-bond donors (Lipinski definition) is 1. The van der Waals surface area contributed by atoms with E-state index in [9.17, 15) is 4.79 Å². The topological polar surface area (TPSA) is 76.7 Å². The van der Waals surface area contributed by atoms with Crippen LogP contribution in [0.3, 0.4) is 0 Å². The van der Waals surface area contributed by atoms with Crippen molar-refractivity contribution in [1.29, 1.82) is 0 Å². The van der Waals surface area contributed by atoms with E-state index in [4.69, 9.17) is 30.8 Å². The minimum absolute atomic E-state index is 0.383. The van der Waals surface area contributed by atoms with Crippen molar-refractivity contribution in [2.45, 2.75) is 26.4 Å². The van der Waals surface area contributed by atoms with E-state index >= 15 is 0 Å². The SMILES string of the molecule is COc1nc(N2C[C@H]3COC[C@H]3C2)ccc1-c1cc2c(C(=O)OC(C)(C)C)c[nH]c2cc1Cl. The predicted octanol–water partition coefficient (Wildman–Crippen LogP) is 4.93. The highest BCUT2D eigenvalue weighted by molar-refractivity contribution is 6.34. The van der Waals surface area contributed by atoms with Crippen LogP contribution in [0.1, 0.15) is 31.1 Å². The lowest BCUT2D eigenvalue weighted by molar-refractivity contribution is 0.00719. The van der Waals surface area contributed by atoms with Gasteiger partial charge in [-0.15, -0.1) is 0 Å². The van der Waals surface area contributed by atoms with Crippen LogP contribution in [-0.2, 0) is 9.47 Å². The maximum absolute atomic E-state index is 12.7. The molecule has 174 valence electrons. The number of benzene rings is 1. The highest BCUT2D eigenvalue weighted by atomic mass is 35.5. The van der Waals surface area contributed by atoms with E-state index in [1.807, 2.05) is 45.0 Å². The van der Waals surface area contributed by atoms with Gasteiger partial charge in [0, 0.05) is 53.2 Å². The summed E-state index contributed by atoms with van der Waals surface area (Å²) in [4.78, 5) is 22.9. The normalized spacial score (nSPS) is 20.3. The first-order valence-corrected chi connectivity index (χ1v) is 11.5. The molecule has 0 bridgehead atoms. The molecule has 8 heteroatoms. The fraction of sp³-hybridized carbons (Fsp3) is 0.440. The summed E-state index contributed by atoms with van der Waals surface area (Å²) in [6, 6.07) is 7.70. The zero-order valence-electron chi connectivity index (χ0n) is 19.3. The van der Waals surface area contributed by atoms with Crippen LogP contribution in [0, 0.1) is 11.8 Å². The molecule has 7 nitrogen and oxygen atoms in total. The average molecular weight is 470 g/mol. The molecule has 3 aromatic rings. The highest BCUT2D eigenvalue weighted by Gasteiger charge is 2.37. The summed E-state index contributed by atoms with van der Waals surface area (Å²) < 4.78 is 16.8. The molecule has 1 N–H and O–H groups in total. The van der Waals surface area contributed by atoms with Gasteiger partial charge in [0.1, 0.15) is 11.4 Å². The van der Waals surface area contributed by atoms with Crippen molar-refractivity contribution in [3.05, 3.63) is 41.0 Å². The standard InChI is InChI=1S/C25H28ClN3O4/c1-25(2,3)33-24(30)19-9-27-21-8-20(26)17(7-18(19)21)16-5-6-22(28-23(16)31-4)29-10-14-12-32-13-15(14)11-29/h5-9,14-15,27H,10-13H2,1-4H3/t14-,15+. The second-order valence-corrected chi connectivity index (χ2v) is 10.2. The number of hydrogen-bond acceptors (Lipinski definition) is 6. The third kappa shape index (κ3) is 4.15. The van der Waals surface area contributed by atoms with Crippen LogP contribution in [0.25, 0.3) is 22.0 Å². The number of carbonyl (C=O) groups is 1. The van der Waals surface area contributed by atoms with Crippen molar-refractivity contribution in [3.63, 3.8) is 0 Å². The lowest BCUT2D eigenvalue weighted by atomic mass is 10.0. The Morgan fingerprint density at radius 1 is 1.18 bits per heavy atom. The second kappa shape index (κ2) is 8.22. The van der Waals surface area contributed by atoms with Gasteiger partial charge in [0.15, 0.2) is 0 Å². The number of aromatic amines is 1. The number of esters is 1. The van der Waals surface area contributed by atoms with Crippen molar-refractivity contribution in [3.8, 4) is 17.0 Å². The Morgan fingerprint density at radius 2 is 1.91 bits per heavy atom. The third-order valence-corrected chi connectivity index (χ3v) is 6.59. The summed E-state index contributed by atoms with van der Waals surface area (Å²) in [5.41, 5.74) is 2.16. The van der Waals surface area contributed by atoms with Gasteiger partial charge in [-0.05, 0) is 45.0 Å². The summed E-state index contributed by atoms with van der Waals surface area (Å²) >= 11 is 6.65. The van der Waals surface area contributed by atoms with Gasteiger partial charge in [-0.3, -0.25) is 0 Å². The number of ether oxygens (including phenoxy) is 3. The van der Waals surface area contributed by atoms with Crippen LogP contribution in [0.15, 0.2) is 30.5 Å². The molecule has 2 fully saturated rings. The van der Waals surface area contributed by atoms with Crippen LogP contribution < -0.4 is 9.64 Å². The Hall–Kier alpha value is -2.77. The van der Waals surface area contributed by atoms with E-state index in [1.165, 1.54) is 0 Å². The van der Waals surface area contributed by atoms with Gasteiger partial charge in [0.25, 0.3) is 0 Å². The number of carbonyl (C=O) groups excluding carboxylic acids is 1. The molecule has 2 aromatic heterocycles. The fourth-order valence-corrected chi connectivity index (χ4v) is 4.96. The summed E-state index contributed by atoms with van der Waals surface area (Å²) in [6.07, 6.45) is 1.66. The maximum Gasteiger partial charge on any atom is 0.340 e. The zero-order valence-corrected chi connectivity index (χ0v) is 20.0. The first kappa shape index (κ1) is 22.0. The molecule has 2 aliphatic heterocycles. The van der Waals surface area contributed by atoms with Crippen molar-refractivity contribution in [1.82, 2.24) is 9.97 Å². The molecule has 0 saturated carbocycles. The zero-order chi connectivity index (χ0) is 23.3. The number of aromatic nitrogens is 2. The molecule has 2 atom stereocenters. The second-order valence-electron chi connectivity index (χ2n) is 9.77. The van der Waals surface area contributed by atoms with Crippen molar-refractivity contribution < 1.29 is 19.0 Å². The van der Waals surface area contributed by atoms with E-state index in [1.54, 1.807) is 13.3 Å². The van der Waals surface area contributed by atoms with Crippen LogP contribution in [0.4, 0.5) is 5.82 Å². The van der Waals surface area contributed by atoms with Crippen LogP contribution in [-0.4, -0.2) is 55.0 Å². The monoisotopic (exact) mass is 469 g/mol. The summed E-state index contributed by atoms with van der Waals surface area (Å²) in [7, 11) is 1.61. The molecule has 0 spiro atoms. The predicted molar refractivity (Wildman–Crippen MR) is 128 cm³/mol. The fourth-order valence-electron chi connectivity index (χ4n) is 4.69. The summed E-state index contributed by atoms with van der Waals surface area (Å²) in [5, 5.41) is 1.28. The minimum atomic E-state index is -0.584. The van der Waals surface area contributed by atoms with E-state index in [0.717, 1.165) is 54.2 Å². The molecule has 0 aliphatic carbocycles. The maximum atomic E-state index is 12.7. The Labute approximate surface area is 198 Å². The van der Waals surface area contributed by atoms with Gasteiger partial charge in [-0.25, -0.2) is 4.79 Å². The molecule has 0 radical (unpaired) electrons. The molecular formula is C25H28ClN3O4. The molecule has 4 heterocycles. The third-order valence-electron chi connectivity index (χ3n) is 6.28. The van der Waals surface area contributed by atoms with Crippen LogP contribution in [0.5, 0.6) is 5.88 Å². The van der Waals surface area contributed by atoms with E-state index in [0.29, 0.717) is 28.3 Å². The van der Waals surface area contributed by atoms with Gasteiger partial charge in [0.05, 0.1) is 30.9 Å². The Morgan fingerprint density at radius 3 is 2.58 bits per heavy atom. The average Bonchev–Trinajstić information content (AvgIpc) is 3.46. The van der Waals surface area contributed by atoms with E-state index < -0.39 is 5.60 Å². The molecule has 2 saturated heterocycles. The lowest BCUT2D eigenvalue weighted by Crippen LogP contribution is -2.23. The van der Waals surface area contributed by atoms with Crippen LogP contribution in [0.2, 0.25) is 5.02 Å². The Bertz CT molecular complexity index is 1200. The van der Waals surface area contributed by atoms with Gasteiger partial charge in [-0.2, -0.15) is 4.98 Å².